The maximum absolute atomic E-state index is 7.66. The van der Waals surface area contributed by atoms with Crippen LogP contribution in [0.3, 0.4) is 0 Å². The molecule has 4 heteroatoms. The van der Waals surface area contributed by atoms with Crippen LogP contribution in [-0.4, -0.2) is 12.4 Å². The van der Waals surface area contributed by atoms with Crippen molar-refractivity contribution in [1.82, 2.24) is 0 Å². The quantitative estimate of drug-likeness (QED) is 0.555. The maximum atomic E-state index is 7.66. The van der Waals surface area contributed by atoms with Gasteiger partial charge in [-0.1, -0.05) is 30.3 Å². The van der Waals surface area contributed by atoms with Crippen molar-refractivity contribution in [3.8, 4) is 5.75 Å². The molecule has 0 saturated carbocycles. The van der Waals surface area contributed by atoms with Crippen LogP contribution in [0.1, 0.15) is 10.4 Å². The highest BCUT2D eigenvalue weighted by Gasteiger charge is 2.08. The molecule has 1 heterocycles. The minimum atomic E-state index is 0.0799. The zero-order valence-electron chi connectivity index (χ0n) is 11.5. The Morgan fingerprint density at radius 1 is 1.05 bits per heavy atom. The lowest BCUT2D eigenvalue weighted by atomic mass is 10.0. The van der Waals surface area contributed by atoms with Gasteiger partial charge in [-0.25, -0.2) is 0 Å². The summed E-state index contributed by atoms with van der Waals surface area (Å²) in [4.78, 5) is 1.32. The topological polar surface area (TPSA) is 59.1 Å². The van der Waals surface area contributed by atoms with Crippen molar-refractivity contribution in [3.05, 3.63) is 64.4 Å². The SMILES string of the molecule is N=C(N)c1ccc(OCCc2cccs2)c2ccccc12. The van der Waals surface area contributed by atoms with Crippen LogP contribution in [0, 0.1) is 5.41 Å². The highest BCUT2D eigenvalue weighted by molar-refractivity contribution is 7.09. The van der Waals surface area contributed by atoms with Crippen molar-refractivity contribution in [2.24, 2.45) is 5.73 Å². The summed E-state index contributed by atoms with van der Waals surface area (Å²) in [5.41, 5.74) is 6.38. The summed E-state index contributed by atoms with van der Waals surface area (Å²) in [7, 11) is 0. The van der Waals surface area contributed by atoms with Crippen LogP contribution < -0.4 is 10.5 Å². The van der Waals surface area contributed by atoms with Gasteiger partial charge in [0.2, 0.25) is 0 Å². The molecular weight excluding hydrogens is 280 g/mol. The van der Waals surface area contributed by atoms with Crippen LogP contribution in [0.5, 0.6) is 5.75 Å². The Kier molecular flexibility index (Phi) is 3.88. The van der Waals surface area contributed by atoms with E-state index in [2.05, 4.69) is 17.5 Å². The number of thiophene rings is 1. The molecule has 1 aromatic heterocycles. The van der Waals surface area contributed by atoms with Crippen LogP contribution in [0.2, 0.25) is 0 Å². The van der Waals surface area contributed by atoms with Crippen molar-refractivity contribution >= 4 is 27.9 Å². The average Bonchev–Trinajstić information content (AvgIpc) is 3.00. The number of ether oxygens (including phenoxy) is 1. The Bertz CT molecular complexity index is 766. The molecule has 0 radical (unpaired) electrons. The first kappa shape index (κ1) is 13.6. The van der Waals surface area contributed by atoms with Gasteiger partial charge in [0.05, 0.1) is 6.61 Å². The largest absolute Gasteiger partial charge is 0.493 e. The number of rotatable bonds is 5. The van der Waals surface area contributed by atoms with Gasteiger partial charge in [0.15, 0.2) is 0 Å². The average molecular weight is 296 g/mol. The predicted octanol–water partition coefficient (Wildman–Crippen LogP) is 3.81. The number of nitrogens with two attached hydrogens (primary N) is 1. The second-order valence-corrected chi connectivity index (χ2v) is 5.78. The van der Waals surface area contributed by atoms with Gasteiger partial charge >= 0.3 is 0 Å². The lowest BCUT2D eigenvalue weighted by molar-refractivity contribution is 0.327. The van der Waals surface area contributed by atoms with Crippen molar-refractivity contribution < 1.29 is 4.74 Å². The molecule has 3 aromatic rings. The standard InChI is InChI=1S/C17H16N2OS/c18-17(19)15-7-8-16(14-6-2-1-5-13(14)15)20-10-9-12-4-3-11-21-12/h1-8,11H,9-10H2,(H3,18,19). The number of hydrogen-bond acceptors (Lipinski definition) is 3. The smallest absolute Gasteiger partial charge is 0.127 e. The fourth-order valence-corrected chi connectivity index (χ4v) is 3.04. The molecule has 0 atom stereocenters. The van der Waals surface area contributed by atoms with E-state index in [9.17, 15) is 0 Å². The van der Waals surface area contributed by atoms with Gasteiger partial charge in [0.1, 0.15) is 11.6 Å². The minimum Gasteiger partial charge on any atom is -0.493 e. The van der Waals surface area contributed by atoms with Crippen LogP contribution in [0.25, 0.3) is 10.8 Å². The van der Waals surface area contributed by atoms with Crippen LogP contribution in [-0.2, 0) is 6.42 Å². The van der Waals surface area contributed by atoms with Crippen molar-refractivity contribution in [3.63, 3.8) is 0 Å². The van der Waals surface area contributed by atoms with E-state index in [1.165, 1.54) is 4.88 Å². The van der Waals surface area contributed by atoms with Gasteiger partial charge in [-0.05, 0) is 29.0 Å². The Hall–Kier alpha value is -2.33. The normalized spacial score (nSPS) is 10.7. The summed E-state index contributed by atoms with van der Waals surface area (Å²) in [5, 5.41) is 11.7. The third-order valence-corrected chi connectivity index (χ3v) is 4.30. The zero-order chi connectivity index (χ0) is 14.7. The molecule has 0 aliphatic heterocycles. The maximum Gasteiger partial charge on any atom is 0.127 e. The van der Waals surface area contributed by atoms with Crippen molar-refractivity contribution in [1.29, 1.82) is 5.41 Å². The van der Waals surface area contributed by atoms with Crippen LogP contribution in [0.4, 0.5) is 0 Å². The molecule has 0 spiro atoms. The molecule has 21 heavy (non-hydrogen) atoms. The van der Waals surface area contributed by atoms with Gasteiger partial charge in [-0.15, -0.1) is 11.3 Å². The monoisotopic (exact) mass is 296 g/mol. The molecule has 3 rings (SSSR count). The number of nitrogens with one attached hydrogen (secondary N) is 1. The third kappa shape index (κ3) is 2.90. The van der Waals surface area contributed by atoms with Crippen LogP contribution >= 0.6 is 11.3 Å². The summed E-state index contributed by atoms with van der Waals surface area (Å²) in [6.07, 6.45) is 0.903. The molecular formula is C17H16N2OS. The second kappa shape index (κ2) is 5.97. The third-order valence-electron chi connectivity index (χ3n) is 3.36. The van der Waals surface area contributed by atoms with E-state index in [0.29, 0.717) is 6.61 Å². The molecule has 0 saturated heterocycles. The highest BCUT2D eigenvalue weighted by Crippen LogP contribution is 2.28. The Labute approximate surface area is 127 Å². The van der Waals surface area contributed by atoms with Gasteiger partial charge in [0.25, 0.3) is 0 Å². The van der Waals surface area contributed by atoms with Gasteiger partial charge < -0.3 is 10.5 Å². The van der Waals surface area contributed by atoms with Gasteiger partial charge in [-0.2, -0.15) is 0 Å². The van der Waals surface area contributed by atoms with E-state index in [4.69, 9.17) is 15.9 Å². The first-order chi connectivity index (χ1) is 10.3. The van der Waals surface area contributed by atoms with E-state index < -0.39 is 0 Å². The Morgan fingerprint density at radius 2 is 1.86 bits per heavy atom. The predicted molar refractivity (Wildman–Crippen MR) is 88.5 cm³/mol. The molecule has 0 amide bonds. The number of nitrogen functional groups attached to an aromatic ring is 1. The van der Waals surface area contributed by atoms with E-state index in [-0.39, 0.29) is 5.84 Å². The molecule has 0 bridgehead atoms. The second-order valence-electron chi connectivity index (χ2n) is 4.75. The summed E-state index contributed by atoms with van der Waals surface area (Å²) >= 11 is 1.74. The number of fused-ring (bicyclic) bond motifs is 1. The van der Waals surface area contributed by atoms with E-state index in [1.807, 2.05) is 36.4 Å². The number of amidine groups is 1. The first-order valence-electron chi connectivity index (χ1n) is 6.77. The molecule has 0 fully saturated rings. The highest BCUT2D eigenvalue weighted by atomic mass is 32.1. The minimum absolute atomic E-state index is 0.0799. The summed E-state index contributed by atoms with van der Waals surface area (Å²) in [5.74, 6) is 0.920. The van der Waals surface area contributed by atoms with Gasteiger partial charge in [0, 0.05) is 22.2 Å². The zero-order valence-corrected chi connectivity index (χ0v) is 12.3. The van der Waals surface area contributed by atoms with Crippen LogP contribution in [0.15, 0.2) is 53.9 Å². The summed E-state index contributed by atoms with van der Waals surface area (Å²) < 4.78 is 5.92. The lowest BCUT2D eigenvalue weighted by Gasteiger charge is -2.11. The first-order valence-corrected chi connectivity index (χ1v) is 7.65. The van der Waals surface area contributed by atoms with E-state index >= 15 is 0 Å². The molecule has 0 unspecified atom stereocenters. The number of hydrogen-bond donors (Lipinski definition) is 2. The van der Waals surface area contributed by atoms with Crippen molar-refractivity contribution in [2.45, 2.75) is 6.42 Å². The Balaban J connectivity index is 1.85. The molecule has 2 aromatic carbocycles. The lowest BCUT2D eigenvalue weighted by Crippen LogP contribution is -2.11. The van der Waals surface area contributed by atoms with Gasteiger partial charge in [-0.3, -0.25) is 5.41 Å². The molecule has 0 aliphatic rings. The van der Waals surface area contributed by atoms with E-state index in [0.717, 1.165) is 28.5 Å². The summed E-state index contributed by atoms with van der Waals surface area (Å²) in [6.45, 7) is 0.643. The fraction of sp³-hybridized carbons (Fsp3) is 0.118. The molecule has 0 aliphatic carbocycles. The van der Waals surface area contributed by atoms with Crippen molar-refractivity contribution in [2.75, 3.05) is 6.61 Å². The molecule has 3 N–H and O–H groups in total. The molecule has 106 valence electrons. The molecule has 3 nitrogen and oxygen atoms in total. The Morgan fingerprint density at radius 3 is 2.57 bits per heavy atom. The number of benzene rings is 2. The van der Waals surface area contributed by atoms with E-state index in [1.54, 1.807) is 11.3 Å². The fourth-order valence-electron chi connectivity index (χ4n) is 2.35. The summed E-state index contributed by atoms with van der Waals surface area (Å²) in [6, 6.07) is 15.8.